The normalized spacial score (nSPS) is 49.9. The van der Waals surface area contributed by atoms with Crippen molar-refractivity contribution in [3.05, 3.63) is 0 Å². The molecule has 4 unspecified atom stereocenters. The first kappa shape index (κ1) is 9.57. The van der Waals surface area contributed by atoms with Gasteiger partial charge in [-0.1, -0.05) is 6.42 Å². The Kier molecular flexibility index (Phi) is 2.55. The third-order valence-corrected chi connectivity index (χ3v) is 5.67. The van der Waals surface area contributed by atoms with E-state index in [1.54, 1.807) is 32.1 Å². The van der Waals surface area contributed by atoms with Gasteiger partial charge in [-0.15, -0.1) is 0 Å². The second-order valence-corrected chi connectivity index (χ2v) is 6.14. The van der Waals surface area contributed by atoms with Crippen molar-refractivity contribution in [3.63, 3.8) is 0 Å². The predicted octanol–water partition coefficient (Wildman–Crippen LogP) is 3.77. The van der Waals surface area contributed by atoms with Gasteiger partial charge in [0.25, 0.3) is 0 Å². The predicted molar refractivity (Wildman–Crippen MR) is 63.6 cm³/mol. The van der Waals surface area contributed by atoms with Crippen LogP contribution in [0.2, 0.25) is 0 Å². The van der Waals surface area contributed by atoms with Gasteiger partial charge in [0.05, 0.1) is 0 Å². The lowest BCUT2D eigenvalue weighted by Gasteiger charge is -2.23. The highest BCUT2D eigenvalue weighted by atomic mass is 32.1. The molecule has 0 heterocycles. The van der Waals surface area contributed by atoms with Crippen molar-refractivity contribution in [3.8, 4) is 0 Å². The molecule has 3 aliphatic carbocycles. The van der Waals surface area contributed by atoms with Crippen LogP contribution in [0.25, 0.3) is 0 Å². The van der Waals surface area contributed by atoms with Crippen molar-refractivity contribution in [2.24, 2.45) is 29.6 Å². The molecule has 4 atom stereocenters. The van der Waals surface area contributed by atoms with E-state index in [1.165, 1.54) is 24.7 Å². The van der Waals surface area contributed by atoms with Crippen molar-refractivity contribution in [1.82, 2.24) is 0 Å². The summed E-state index contributed by atoms with van der Waals surface area (Å²) in [7, 11) is 0. The first-order chi connectivity index (χ1) is 6.92. The van der Waals surface area contributed by atoms with E-state index in [1.807, 2.05) is 0 Å². The molecule has 0 aromatic carbocycles. The highest BCUT2D eigenvalue weighted by Gasteiger charge is 2.54. The minimum absolute atomic E-state index is 1.10. The highest BCUT2D eigenvalue weighted by Crippen LogP contribution is 2.62. The third kappa shape index (κ3) is 1.27. The summed E-state index contributed by atoms with van der Waals surface area (Å²) in [6, 6.07) is 0. The molecule has 0 N–H and O–H groups in total. The molecular formula is C13H22S. The molecule has 0 aliphatic heterocycles. The van der Waals surface area contributed by atoms with Gasteiger partial charge in [0.1, 0.15) is 0 Å². The van der Waals surface area contributed by atoms with Crippen LogP contribution in [0.1, 0.15) is 44.9 Å². The van der Waals surface area contributed by atoms with E-state index in [0.29, 0.717) is 0 Å². The average Bonchev–Trinajstić information content (AvgIpc) is 2.86. The SMILES string of the molecule is SCCCC1C2CCC1C1CCCC12. The summed E-state index contributed by atoms with van der Waals surface area (Å²) in [4.78, 5) is 0. The maximum absolute atomic E-state index is 4.35. The van der Waals surface area contributed by atoms with E-state index >= 15 is 0 Å². The van der Waals surface area contributed by atoms with E-state index in [4.69, 9.17) is 0 Å². The number of hydrogen-bond donors (Lipinski definition) is 1. The van der Waals surface area contributed by atoms with Crippen molar-refractivity contribution in [2.75, 3.05) is 5.75 Å². The lowest BCUT2D eigenvalue weighted by Crippen LogP contribution is -2.15. The number of rotatable bonds is 3. The topological polar surface area (TPSA) is 0 Å². The standard InChI is InChI=1S/C13H22S/c14-8-2-5-11-12-6-7-13(11)10-4-1-3-9(10)12/h9-14H,1-8H2. The molecule has 3 rings (SSSR count). The van der Waals surface area contributed by atoms with Crippen LogP contribution < -0.4 is 0 Å². The molecule has 3 saturated carbocycles. The van der Waals surface area contributed by atoms with Gasteiger partial charge in [0.2, 0.25) is 0 Å². The summed E-state index contributed by atoms with van der Waals surface area (Å²) < 4.78 is 0. The summed E-state index contributed by atoms with van der Waals surface area (Å²) in [5.74, 6) is 6.85. The fourth-order valence-electron chi connectivity index (χ4n) is 5.03. The number of hydrogen-bond acceptors (Lipinski definition) is 1. The molecule has 3 fully saturated rings. The van der Waals surface area contributed by atoms with Crippen LogP contribution in [0.4, 0.5) is 0 Å². The minimum Gasteiger partial charge on any atom is -0.179 e. The third-order valence-electron chi connectivity index (χ3n) is 5.35. The summed E-state index contributed by atoms with van der Waals surface area (Å²) in [5, 5.41) is 0. The molecule has 1 heteroatoms. The van der Waals surface area contributed by atoms with Crippen LogP contribution >= 0.6 is 12.6 Å². The zero-order chi connectivity index (χ0) is 9.54. The zero-order valence-corrected chi connectivity index (χ0v) is 9.89. The van der Waals surface area contributed by atoms with Crippen LogP contribution in [-0.2, 0) is 0 Å². The lowest BCUT2D eigenvalue weighted by molar-refractivity contribution is 0.259. The molecule has 0 radical (unpaired) electrons. The van der Waals surface area contributed by atoms with Gasteiger partial charge in [0, 0.05) is 0 Å². The molecule has 0 spiro atoms. The number of fused-ring (bicyclic) bond motifs is 5. The van der Waals surface area contributed by atoms with E-state index in [9.17, 15) is 0 Å². The van der Waals surface area contributed by atoms with Crippen molar-refractivity contribution >= 4 is 12.6 Å². The molecule has 0 amide bonds. The average molecular weight is 210 g/mol. The van der Waals surface area contributed by atoms with Gasteiger partial charge >= 0.3 is 0 Å². The maximum atomic E-state index is 4.35. The summed E-state index contributed by atoms with van der Waals surface area (Å²) in [6.45, 7) is 0. The van der Waals surface area contributed by atoms with Gasteiger partial charge in [-0.3, -0.25) is 0 Å². The summed E-state index contributed by atoms with van der Waals surface area (Å²) >= 11 is 4.35. The van der Waals surface area contributed by atoms with Gasteiger partial charge in [-0.05, 0) is 73.9 Å². The Labute approximate surface area is 93.3 Å². The van der Waals surface area contributed by atoms with Crippen LogP contribution in [0.5, 0.6) is 0 Å². The van der Waals surface area contributed by atoms with Gasteiger partial charge in [-0.25, -0.2) is 0 Å². The molecule has 80 valence electrons. The maximum Gasteiger partial charge on any atom is -0.00978 e. The molecule has 0 saturated heterocycles. The molecular weight excluding hydrogens is 188 g/mol. The van der Waals surface area contributed by atoms with Crippen molar-refractivity contribution in [1.29, 1.82) is 0 Å². The molecule has 0 aromatic heterocycles. The first-order valence-corrected chi connectivity index (χ1v) is 7.16. The van der Waals surface area contributed by atoms with Crippen LogP contribution in [-0.4, -0.2) is 5.75 Å². The largest absolute Gasteiger partial charge is 0.179 e. The molecule has 2 bridgehead atoms. The van der Waals surface area contributed by atoms with Gasteiger partial charge in [-0.2, -0.15) is 12.6 Å². The quantitative estimate of drug-likeness (QED) is 0.674. The van der Waals surface area contributed by atoms with E-state index < -0.39 is 0 Å². The number of thiol groups is 1. The van der Waals surface area contributed by atoms with Gasteiger partial charge < -0.3 is 0 Å². The molecule has 0 aromatic rings. The van der Waals surface area contributed by atoms with Crippen molar-refractivity contribution < 1.29 is 0 Å². The molecule has 14 heavy (non-hydrogen) atoms. The minimum atomic E-state index is 1.10. The fraction of sp³-hybridized carbons (Fsp3) is 1.00. The van der Waals surface area contributed by atoms with E-state index in [2.05, 4.69) is 12.6 Å². The molecule has 0 nitrogen and oxygen atoms in total. The Morgan fingerprint density at radius 1 is 0.857 bits per heavy atom. The summed E-state index contributed by atoms with van der Waals surface area (Å²) in [5.41, 5.74) is 0. The Bertz CT molecular complexity index is 195. The Morgan fingerprint density at radius 3 is 2.07 bits per heavy atom. The highest BCUT2D eigenvalue weighted by molar-refractivity contribution is 7.80. The van der Waals surface area contributed by atoms with E-state index in [0.717, 1.165) is 23.5 Å². The Hall–Kier alpha value is 0.350. The first-order valence-electron chi connectivity index (χ1n) is 6.52. The monoisotopic (exact) mass is 210 g/mol. The summed E-state index contributed by atoms with van der Waals surface area (Å²) in [6.07, 6.45) is 10.7. The second kappa shape index (κ2) is 3.73. The second-order valence-electron chi connectivity index (χ2n) is 5.69. The zero-order valence-electron chi connectivity index (χ0n) is 8.99. The molecule has 3 aliphatic rings. The lowest BCUT2D eigenvalue weighted by atomic mass is 9.82. The Balaban J connectivity index is 1.71. The van der Waals surface area contributed by atoms with Crippen LogP contribution in [0, 0.1) is 29.6 Å². The fourth-order valence-corrected chi connectivity index (χ4v) is 5.21. The Morgan fingerprint density at radius 2 is 1.50 bits per heavy atom. The smallest absolute Gasteiger partial charge is 0.00978 e. The van der Waals surface area contributed by atoms with Crippen LogP contribution in [0.15, 0.2) is 0 Å². The van der Waals surface area contributed by atoms with Gasteiger partial charge in [0.15, 0.2) is 0 Å². The van der Waals surface area contributed by atoms with Crippen molar-refractivity contribution in [2.45, 2.75) is 44.9 Å². The van der Waals surface area contributed by atoms with Crippen LogP contribution in [0.3, 0.4) is 0 Å². The van der Waals surface area contributed by atoms with E-state index in [-0.39, 0.29) is 0 Å².